The summed E-state index contributed by atoms with van der Waals surface area (Å²) in [7, 11) is 0. The molecule has 21 heavy (non-hydrogen) atoms. The molecule has 1 fully saturated rings. The zero-order valence-corrected chi connectivity index (χ0v) is 12.9. The van der Waals surface area contributed by atoms with E-state index in [1.54, 1.807) is 0 Å². The molecule has 1 aliphatic heterocycles. The van der Waals surface area contributed by atoms with E-state index in [1.807, 2.05) is 0 Å². The summed E-state index contributed by atoms with van der Waals surface area (Å²) in [4.78, 5) is 24.9. The van der Waals surface area contributed by atoms with Gasteiger partial charge < -0.3 is 14.2 Å². The normalized spacial score (nSPS) is 16.3. The Bertz CT molecular complexity index is 348. The van der Waals surface area contributed by atoms with E-state index in [-0.39, 0.29) is 0 Å². The van der Waals surface area contributed by atoms with Gasteiger partial charge in [0.25, 0.3) is 0 Å². The number of ether oxygens (including phenoxy) is 3. The number of hydrogen-bond acceptors (Lipinski definition) is 6. The quantitative estimate of drug-likeness (QED) is 0.492. The zero-order chi connectivity index (χ0) is 15.5. The molecule has 0 radical (unpaired) electrons. The molecule has 1 saturated heterocycles. The number of rotatable bonds is 8. The van der Waals surface area contributed by atoms with Crippen molar-refractivity contribution in [3.05, 3.63) is 12.2 Å². The molecule has 0 unspecified atom stereocenters. The molecule has 0 N–H and O–H groups in total. The van der Waals surface area contributed by atoms with Gasteiger partial charge in [-0.15, -0.1) is 0 Å². The standard InChI is InChI=1S/C15H25NO5/c1-13(2)5-9-20-14(17)3-4-15(18)21-12-8-16-6-10-19-11-7-16/h3-4,13H,5-12H2,1-2H3/b4-3+. The first-order valence-corrected chi connectivity index (χ1v) is 7.39. The first kappa shape index (κ1) is 17.7. The highest BCUT2D eigenvalue weighted by Crippen LogP contribution is 1.99. The van der Waals surface area contributed by atoms with Crippen molar-refractivity contribution in [2.45, 2.75) is 20.3 Å². The van der Waals surface area contributed by atoms with Gasteiger partial charge in [-0.3, -0.25) is 4.90 Å². The molecule has 120 valence electrons. The van der Waals surface area contributed by atoms with Crippen molar-refractivity contribution < 1.29 is 23.8 Å². The Labute approximate surface area is 126 Å². The van der Waals surface area contributed by atoms with Gasteiger partial charge in [-0.2, -0.15) is 0 Å². The van der Waals surface area contributed by atoms with Crippen LogP contribution in [0.25, 0.3) is 0 Å². The van der Waals surface area contributed by atoms with Crippen molar-refractivity contribution >= 4 is 11.9 Å². The van der Waals surface area contributed by atoms with Gasteiger partial charge in [0.1, 0.15) is 6.61 Å². The van der Waals surface area contributed by atoms with Gasteiger partial charge in [-0.05, 0) is 12.3 Å². The molecule has 0 spiro atoms. The van der Waals surface area contributed by atoms with E-state index < -0.39 is 11.9 Å². The van der Waals surface area contributed by atoms with Gasteiger partial charge in [0.05, 0.1) is 19.8 Å². The van der Waals surface area contributed by atoms with Gasteiger partial charge in [0, 0.05) is 31.8 Å². The van der Waals surface area contributed by atoms with Crippen LogP contribution in [0.4, 0.5) is 0 Å². The van der Waals surface area contributed by atoms with E-state index in [0.29, 0.717) is 25.7 Å². The lowest BCUT2D eigenvalue weighted by Gasteiger charge is -2.25. The molecule has 1 rings (SSSR count). The zero-order valence-electron chi connectivity index (χ0n) is 12.9. The summed E-state index contributed by atoms with van der Waals surface area (Å²) in [5.74, 6) is -0.559. The first-order chi connectivity index (χ1) is 10.1. The van der Waals surface area contributed by atoms with E-state index in [0.717, 1.165) is 44.9 Å². The maximum absolute atomic E-state index is 11.4. The van der Waals surface area contributed by atoms with Crippen LogP contribution in [-0.2, 0) is 23.8 Å². The van der Waals surface area contributed by atoms with E-state index in [4.69, 9.17) is 14.2 Å². The van der Waals surface area contributed by atoms with E-state index >= 15 is 0 Å². The Morgan fingerprint density at radius 3 is 2.24 bits per heavy atom. The summed E-state index contributed by atoms with van der Waals surface area (Å²) in [6, 6.07) is 0. The van der Waals surface area contributed by atoms with E-state index in [1.165, 1.54) is 0 Å². The molecule has 0 saturated carbocycles. The maximum Gasteiger partial charge on any atom is 0.331 e. The lowest BCUT2D eigenvalue weighted by Crippen LogP contribution is -2.38. The second-order valence-corrected chi connectivity index (χ2v) is 5.30. The minimum Gasteiger partial charge on any atom is -0.463 e. The second kappa shape index (κ2) is 10.3. The topological polar surface area (TPSA) is 65.1 Å². The lowest BCUT2D eigenvalue weighted by molar-refractivity contribution is -0.141. The second-order valence-electron chi connectivity index (χ2n) is 5.30. The number of carbonyl (C=O) groups excluding carboxylic acids is 2. The lowest BCUT2D eigenvalue weighted by atomic mass is 10.1. The predicted molar refractivity (Wildman–Crippen MR) is 77.8 cm³/mol. The molecule has 0 aromatic heterocycles. The number of morpholine rings is 1. The van der Waals surface area contributed by atoms with Crippen molar-refractivity contribution in [2.75, 3.05) is 46.1 Å². The third kappa shape index (κ3) is 9.20. The van der Waals surface area contributed by atoms with Crippen molar-refractivity contribution in [3.63, 3.8) is 0 Å². The number of hydrogen-bond donors (Lipinski definition) is 0. The third-order valence-corrected chi connectivity index (χ3v) is 3.05. The average Bonchev–Trinajstić information content (AvgIpc) is 2.46. The van der Waals surface area contributed by atoms with Crippen LogP contribution >= 0.6 is 0 Å². The monoisotopic (exact) mass is 299 g/mol. The molecular formula is C15H25NO5. The number of carbonyl (C=O) groups is 2. The van der Waals surface area contributed by atoms with Crippen molar-refractivity contribution in [1.29, 1.82) is 0 Å². The fraction of sp³-hybridized carbons (Fsp3) is 0.733. The van der Waals surface area contributed by atoms with Crippen LogP contribution in [0.3, 0.4) is 0 Å². The largest absolute Gasteiger partial charge is 0.463 e. The van der Waals surface area contributed by atoms with Crippen LogP contribution in [0.5, 0.6) is 0 Å². The molecule has 6 heteroatoms. The minimum absolute atomic E-state index is 0.311. The molecule has 1 aliphatic rings. The molecule has 0 aromatic rings. The Balaban J connectivity index is 2.08. The molecule has 0 atom stereocenters. The van der Waals surface area contributed by atoms with Gasteiger partial charge in [0.15, 0.2) is 0 Å². The minimum atomic E-state index is -0.524. The Morgan fingerprint density at radius 1 is 1.10 bits per heavy atom. The van der Waals surface area contributed by atoms with E-state index in [9.17, 15) is 9.59 Å². The maximum atomic E-state index is 11.4. The van der Waals surface area contributed by atoms with Crippen LogP contribution in [0.1, 0.15) is 20.3 Å². The van der Waals surface area contributed by atoms with Crippen LogP contribution in [0.15, 0.2) is 12.2 Å². The van der Waals surface area contributed by atoms with Crippen molar-refractivity contribution in [3.8, 4) is 0 Å². The first-order valence-electron chi connectivity index (χ1n) is 7.39. The summed E-state index contributed by atoms with van der Waals surface area (Å²) in [5.41, 5.74) is 0. The Morgan fingerprint density at radius 2 is 1.67 bits per heavy atom. The molecule has 1 heterocycles. The summed E-state index contributed by atoms with van der Waals surface area (Å²) in [6.45, 7) is 8.61. The third-order valence-electron chi connectivity index (χ3n) is 3.05. The SMILES string of the molecule is CC(C)CCOC(=O)/C=C/C(=O)OCCN1CCOCC1. The van der Waals surface area contributed by atoms with Gasteiger partial charge in [-0.1, -0.05) is 13.8 Å². The smallest absolute Gasteiger partial charge is 0.331 e. The van der Waals surface area contributed by atoms with Crippen LogP contribution in [0.2, 0.25) is 0 Å². The fourth-order valence-corrected chi connectivity index (χ4v) is 1.73. The van der Waals surface area contributed by atoms with Crippen LogP contribution in [-0.4, -0.2) is 62.9 Å². The summed E-state index contributed by atoms with van der Waals surface area (Å²) >= 11 is 0. The predicted octanol–water partition coefficient (Wildman–Crippen LogP) is 1.01. The molecule has 6 nitrogen and oxygen atoms in total. The van der Waals surface area contributed by atoms with Crippen molar-refractivity contribution in [1.82, 2.24) is 4.90 Å². The van der Waals surface area contributed by atoms with Gasteiger partial charge in [0.2, 0.25) is 0 Å². The molecule has 0 amide bonds. The molecule has 0 bridgehead atoms. The molecular weight excluding hydrogens is 274 g/mol. The summed E-state index contributed by atoms with van der Waals surface area (Å²) in [5, 5.41) is 0. The van der Waals surface area contributed by atoms with Gasteiger partial charge >= 0.3 is 11.9 Å². The summed E-state index contributed by atoms with van der Waals surface area (Å²) in [6.07, 6.45) is 3.03. The van der Waals surface area contributed by atoms with Crippen molar-refractivity contribution in [2.24, 2.45) is 5.92 Å². The highest BCUT2D eigenvalue weighted by Gasteiger charge is 2.10. The highest BCUT2D eigenvalue weighted by atomic mass is 16.5. The Hall–Kier alpha value is -1.40. The van der Waals surface area contributed by atoms with Crippen LogP contribution in [0, 0.1) is 5.92 Å². The number of esters is 2. The molecule has 0 aliphatic carbocycles. The fourth-order valence-electron chi connectivity index (χ4n) is 1.73. The molecule has 0 aromatic carbocycles. The Kier molecular flexibility index (Phi) is 8.69. The van der Waals surface area contributed by atoms with Gasteiger partial charge in [-0.25, -0.2) is 9.59 Å². The highest BCUT2D eigenvalue weighted by molar-refractivity contribution is 5.91. The van der Waals surface area contributed by atoms with Crippen LogP contribution < -0.4 is 0 Å². The average molecular weight is 299 g/mol. The number of nitrogens with zero attached hydrogens (tertiary/aromatic N) is 1. The summed E-state index contributed by atoms with van der Waals surface area (Å²) < 4.78 is 15.2. The van der Waals surface area contributed by atoms with E-state index in [2.05, 4.69) is 18.7 Å².